The van der Waals surface area contributed by atoms with Gasteiger partial charge < -0.3 is 9.47 Å². The molecule has 1 aliphatic rings. The molecule has 3 unspecified atom stereocenters. The predicted molar refractivity (Wildman–Crippen MR) is 73.7 cm³/mol. The number of carbonyl (C=O) groups excluding carboxylic acids is 1. The highest BCUT2D eigenvalue weighted by atomic mass is 16.6. The smallest absolute Gasteiger partial charge is 0.310 e. The van der Waals surface area contributed by atoms with Crippen LogP contribution < -0.4 is 0 Å². The maximum atomic E-state index is 11.8. The second kappa shape index (κ2) is 6.53. The second-order valence-corrected chi connectivity index (χ2v) is 5.29. The lowest BCUT2D eigenvalue weighted by atomic mass is 9.91. The third-order valence-electron chi connectivity index (χ3n) is 3.94. The number of rotatable bonds is 4. The molecule has 4 atom stereocenters. The molecule has 1 aliphatic heterocycles. The molecule has 0 spiro atoms. The van der Waals surface area contributed by atoms with Gasteiger partial charge in [-0.05, 0) is 11.5 Å². The zero-order chi connectivity index (χ0) is 14.5. The van der Waals surface area contributed by atoms with Crippen molar-refractivity contribution in [3.05, 3.63) is 35.9 Å². The summed E-state index contributed by atoms with van der Waals surface area (Å²) in [5.74, 6) is 0.113. The van der Waals surface area contributed by atoms with Gasteiger partial charge in [-0.2, -0.15) is 5.26 Å². The largest absolute Gasteiger partial charge is 0.463 e. The Morgan fingerprint density at radius 3 is 2.60 bits per heavy atom. The molecule has 0 radical (unpaired) electrons. The molecule has 0 N–H and O–H groups in total. The fourth-order valence-electron chi connectivity index (χ4n) is 2.38. The number of nitriles is 1. The number of ether oxygens (including phenoxy) is 2. The van der Waals surface area contributed by atoms with E-state index in [0.29, 0.717) is 0 Å². The van der Waals surface area contributed by atoms with Gasteiger partial charge in [0.25, 0.3) is 0 Å². The first-order valence-electron chi connectivity index (χ1n) is 6.86. The minimum atomic E-state index is -0.400. The van der Waals surface area contributed by atoms with Crippen LogP contribution in [0.25, 0.3) is 0 Å². The van der Waals surface area contributed by atoms with Crippen LogP contribution in [0.15, 0.2) is 30.3 Å². The third-order valence-corrected chi connectivity index (χ3v) is 3.94. The van der Waals surface area contributed by atoms with Crippen LogP contribution in [0.1, 0.15) is 19.4 Å². The van der Waals surface area contributed by atoms with Crippen molar-refractivity contribution in [2.45, 2.75) is 32.5 Å². The third kappa shape index (κ3) is 3.37. The van der Waals surface area contributed by atoms with E-state index in [4.69, 9.17) is 14.7 Å². The van der Waals surface area contributed by atoms with E-state index in [2.05, 4.69) is 6.07 Å². The van der Waals surface area contributed by atoms with Crippen LogP contribution in [-0.2, 0) is 20.7 Å². The fourth-order valence-corrected chi connectivity index (χ4v) is 2.38. The van der Waals surface area contributed by atoms with E-state index >= 15 is 0 Å². The molecule has 1 aromatic rings. The molecule has 1 heterocycles. The SMILES string of the molecule is CC1C(C#N)O[C@H](COC(=O)Cc2ccccc2)C1C. The van der Waals surface area contributed by atoms with E-state index in [1.807, 2.05) is 44.2 Å². The van der Waals surface area contributed by atoms with Crippen LogP contribution in [-0.4, -0.2) is 24.8 Å². The van der Waals surface area contributed by atoms with Crippen LogP contribution in [0, 0.1) is 23.2 Å². The van der Waals surface area contributed by atoms with E-state index in [-0.39, 0.29) is 36.9 Å². The maximum Gasteiger partial charge on any atom is 0.310 e. The highest BCUT2D eigenvalue weighted by Gasteiger charge is 2.39. The molecule has 0 aliphatic carbocycles. The Kier molecular flexibility index (Phi) is 4.75. The molecular formula is C16H19NO3. The van der Waals surface area contributed by atoms with Gasteiger partial charge in [0, 0.05) is 5.92 Å². The Bertz CT molecular complexity index is 494. The Hall–Kier alpha value is -1.86. The van der Waals surface area contributed by atoms with Crippen molar-refractivity contribution in [3.63, 3.8) is 0 Å². The van der Waals surface area contributed by atoms with E-state index in [1.54, 1.807) is 0 Å². The summed E-state index contributed by atoms with van der Waals surface area (Å²) in [6.07, 6.45) is -0.323. The lowest BCUT2D eigenvalue weighted by Gasteiger charge is -2.15. The molecule has 2 rings (SSSR count). The monoisotopic (exact) mass is 273 g/mol. The number of benzene rings is 1. The summed E-state index contributed by atoms with van der Waals surface area (Å²) in [4.78, 5) is 11.8. The van der Waals surface area contributed by atoms with Crippen molar-refractivity contribution in [3.8, 4) is 6.07 Å². The summed E-state index contributed by atoms with van der Waals surface area (Å²) in [6, 6.07) is 11.6. The molecule has 0 aromatic heterocycles. The second-order valence-electron chi connectivity index (χ2n) is 5.29. The summed E-state index contributed by atoms with van der Waals surface area (Å²) in [5.41, 5.74) is 0.932. The average molecular weight is 273 g/mol. The molecule has 1 aromatic carbocycles. The molecule has 4 heteroatoms. The van der Waals surface area contributed by atoms with Crippen LogP contribution in [0.5, 0.6) is 0 Å². The van der Waals surface area contributed by atoms with Crippen molar-refractivity contribution in [1.29, 1.82) is 5.26 Å². The van der Waals surface area contributed by atoms with E-state index in [0.717, 1.165) is 5.56 Å². The van der Waals surface area contributed by atoms with E-state index in [9.17, 15) is 4.79 Å². The average Bonchev–Trinajstić information content (AvgIpc) is 2.73. The van der Waals surface area contributed by atoms with Gasteiger partial charge >= 0.3 is 5.97 Å². The topological polar surface area (TPSA) is 59.3 Å². The summed E-state index contributed by atoms with van der Waals surface area (Å²) in [7, 11) is 0. The van der Waals surface area contributed by atoms with Gasteiger partial charge in [-0.25, -0.2) is 0 Å². The molecule has 0 amide bonds. The zero-order valence-corrected chi connectivity index (χ0v) is 11.8. The fraction of sp³-hybridized carbons (Fsp3) is 0.500. The van der Waals surface area contributed by atoms with Gasteiger partial charge in [0.05, 0.1) is 18.6 Å². The molecule has 0 saturated carbocycles. The highest BCUT2D eigenvalue weighted by molar-refractivity contribution is 5.72. The predicted octanol–water partition coefficient (Wildman–Crippen LogP) is 2.34. The Morgan fingerprint density at radius 1 is 1.30 bits per heavy atom. The van der Waals surface area contributed by atoms with E-state index in [1.165, 1.54) is 0 Å². The number of esters is 1. The van der Waals surface area contributed by atoms with Crippen LogP contribution >= 0.6 is 0 Å². The summed E-state index contributed by atoms with van der Waals surface area (Å²) in [6.45, 7) is 4.23. The molecule has 1 saturated heterocycles. The standard InChI is InChI=1S/C16H19NO3/c1-11-12(2)15(20-14(11)9-17)10-19-16(18)8-13-6-4-3-5-7-13/h3-7,11-12,14-15H,8,10H2,1-2H3/t11?,12?,14?,15-/m1/s1. The van der Waals surface area contributed by atoms with Crippen molar-refractivity contribution in [2.75, 3.05) is 6.61 Å². The van der Waals surface area contributed by atoms with Gasteiger partial charge in [-0.3, -0.25) is 4.79 Å². The molecule has 4 nitrogen and oxygen atoms in total. The van der Waals surface area contributed by atoms with Gasteiger partial charge in [-0.15, -0.1) is 0 Å². The number of hydrogen-bond acceptors (Lipinski definition) is 4. The molecular weight excluding hydrogens is 254 g/mol. The van der Waals surface area contributed by atoms with Gasteiger partial charge in [0.1, 0.15) is 12.7 Å². The number of hydrogen-bond donors (Lipinski definition) is 0. The van der Waals surface area contributed by atoms with Gasteiger partial charge in [-0.1, -0.05) is 44.2 Å². The van der Waals surface area contributed by atoms with Crippen molar-refractivity contribution in [2.24, 2.45) is 11.8 Å². The van der Waals surface area contributed by atoms with Crippen LogP contribution in [0.2, 0.25) is 0 Å². The molecule has 20 heavy (non-hydrogen) atoms. The lowest BCUT2D eigenvalue weighted by Crippen LogP contribution is -2.24. The normalized spacial score (nSPS) is 28.9. The highest BCUT2D eigenvalue weighted by Crippen LogP contribution is 2.31. The summed E-state index contributed by atoms with van der Waals surface area (Å²) in [5, 5.41) is 8.96. The quantitative estimate of drug-likeness (QED) is 0.790. The van der Waals surface area contributed by atoms with Crippen molar-refractivity contribution < 1.29 is 14.3 Å². The molecule has 1 fully saturated rings. The Balaban J connectivity index is 1.81. The first-order chi connectivity index (χ1) is 9.61. The minimum absolute atomic E-state index is 0.165. The van der Waals surface area contributed by atoms with Crippen molar-refractivity contribution >= 4 is 5.97 Å². The minimum Gasteiger partial charge on any atom is -0.463 e. The maximum absolute atomic E-state index is 11.8. The Labute approximate surface area is 119 Å². The number of carbonyl (C=O) groups is 1. The van der Waals surface area contributed by atoms with Crippen LogP contribution in [0.4, 0.5) is 0 Å². The lowest BCUT2D eigenvalue weighted by molar-refractivity contribution is -0.147. The Morgan fingerprint density at radius 2 is 2.00 bits per heavy atom. The molecule has 106 valence electrons. The zero-order valence-electron chi connectivity index (χ0n) is 11.8. The first-order valence-corrected chi connectivity index (χ1v) is 6.86. The summed E-state index contributed by atoms with van der Waals surface area (Å²) < 4.78 is 10.9. The summed E-state index contributed by atoms with van der Waals surface area (Å²) >= 11 is 0. The van der Waals surface area contributed by atoms with Crippen LogP contribution in [0.3, 0.4) is 0 Å². The first kappa shape index (κ1) is 14.5. The number of nitrogens with zero attached hydrogens (tertiary/aromatic N) is 1. The van der Waals surface area contributed by atoms with Gasteiger partial charge in [0.15, 0.2) is 0 Å². The van der Waals surface area contributed by atoms with Gasteiger partial charge in [0.2, 0.25) is 0 Å². The van der Waals surface area contributed by atoms with E-state index < -0.39 is 6.10 Å². The molecule has 0 bridgehead atoms. The van der Waals surface area contributed by atoms with Crippen molar-refractivity contribution in [1.82, 2.24) is 0 Å².